The molecule has 3 aromatic rings. The Morgan fingerprint density at radius 1 is 0.906 bits per heavy atom. The second-order valence-corrected chi connectivity index (χ2v) is 9.92. The normalized spacial score (nSPS) is 19.1. The number of sulfonamides is 1. The SMILES string of the molecule is O=C1O[C@H](CC(=O)N2CCN(S(=O)(=O)c3ccc4ccccc4c3)CC2)c2ccccc21. The van der Waals surface area contributed by atoms with Crippen molar-refractivity contribution in [3.05, 3.63) is 77.9 Å². The number of carbonyl (C=O) groups is 2. The van der Waals surface area contributed by atoms with Crippen LogP contribution in [0.1, 0.15) is 28.4 Å². The highest BCUT2D eigenvalue weighted by Gasteiger charge is 2.35. The van der Waals surface area contributed by atoms with Crippen LogP contribution in [0.25, 0.3) is 10.8 Å². The van der Waals surface area contributed by atoms with E-state index in [1.807, 2.05) is 36.4 Å². The molecule has 3 aromatic carbocycles. The molecule has 0 saturated carbocycles. The van der Waals surface area contributed by atoms with Crippen molar-refractivity contribution in [2.75, 3.05) is 26.2 Å². The number of esters is 1. The predicted octanol–water partition coefficient (Wildman–Crippen LogP) is 2.97. The molecule has 164 valence electrons. The van der Waals surface area contributed by atoms with Gasteiger partial charge in [-0.05, 0) is 29.0 Å². The van der Waals surface area contributed by atoms with Gasteiger partial charge < -0.3 is 9.64 Å². The third-order valence-electron chi connectivity index (χ3n) is 6.09. The van der Waals surface area contributed by atoms with Crippen molar-refractivity contribution in [3.63, 3.8) is 0 Å². The van der Waals surface area contributed by atoms with E-state index in [-0.39, 0.29) is 30.3 Å². The van der Waals surface area contributed by atoms with Crippen LogP contribution >= 0.6 is 0 Å². The molecule has 0 aliphatic carbocycles. The van der Waals surface area contributed by atoms with Crippen molar-refractivity contribution < 1.29 is 22.7 Å². The molecule has 0 radical (unpaired) electrons. The van der Waals surface area contributed by atoms with Gasteiger partial charge in [-0.3, -0.25) is 4.79 Å². The summed E-state index contributed by atoms with van der Waals surface area (Å²) >= 11 is 0. The number of fused-ring (bicyclic) bond motifs is 2. The molecule has 8 heteroatoms. The Balaban J connectivity index is 1.24. The van der Waals surface area contributed by atoms with Crippen LogP contribution in [0.2, 0.25) is 0 Å². The first-order chi connectivity index (χ1) is 15.4. The second kappa shape index (κ2) is 8.03. The largest absolute Gasteiger partial charge is 0.453 e. The van der Waals surface area contributed by atoms with Gasteiger partial charge in [-0.2, -0.15) is 4.31 Å². The maximum atomic E-state index is 13.1. The number of hydrogen-bond donors (Lipinski definition) is 0. The second-order valence-electron chi connectivity index (χ2n) is 7.98. The van der Waals surface area contributed by atoms with E-state index in [1.54, 1.807) is 35.2 Å². The van der Waals surface area contributed by atoms with Gasteiger partial charge in [0.25, 0.3) is 0 Å². The summed E-state index contributed by atoms with van der Waals surface area (Å²) < 4.78 is 33.0. The van der Waals surface area contributed by atoms with Crippen LogP contribution in [0.15, 0.2) is 71.6 Å². The van der Waals surface area contributed by atoms with Gasteiger partial charge in [0.15, 0.2) is 0 Å². The van der Waals surface area contributed by atoms with E-state index < -0.39 is 22.1 Å². The number of rotatable bonds is 4. The number of carbonyl (C=O) groups excluding carboxylic acids is 2. The van der Waals surface area contributed by atoms with Crippen LogP contribution in [-0.2, 0) is 19.6 Å². The van der Waals surface area contributed by atoms with Gasteiger partial charge in [-0.1, -0.05) is 48.5 Å². The van der Waals surface area contributed by atoms with Crippen molar-refractivity contribution in [2.45, 2.75) is 17.4 Å². The minimum Gasteiger partial charge on any atom is -0.453 e. The number of nitrogens with zero attached hydrogens (tertiary/aromatic N) is 2. The fourth-order valence-electron chi connectivity index (χ4n) is 4.31. The highest BCUT2D eigenvalue weighted by atomic mass is 32.2. The Labute approximate surface area is 186 Å². The molecule has 5 rings (SSSR count). The third-order valence-corrected chi connectivity index (χ3v) is 7.98. The average molecular weight is 451 g/mol. The first kappa shape index (κ1) is 20.7. The minimum absolute atomic E-state index is 0.0557. The molecule has 1 saturated heterocycles. The van der Waals surface area contributed by atoms with E-state index in [0.717, 1.165) is 16.3 Å². The molecule has 1 fully saturated rings. The van der Waals surface area contributed by atoms with Crippen molar-refractivity contribution in [1.29, 1.82) is 0 Å². The molecule has 7 nitrogen and oxygen atoms in total. The molecule has 2 aliphatic heterocycles. The fraction of sp³-hybridized carbons (Fsp3) is 0.250. The van der Waals surface area contributed by atoms with E-state index in [9.17, 15) is 18.0 Å². The Morgan fingerprint density at radius 2 is 1.59 bits per heavy atom. The van der Waals surface area contributed by atoms with Gasteiger partial charge >= 0.3 is 5.97 Å². The maximum Gasteiger partial charge on any atom is 0.339 e. The van der Waals surface area contributed by atoms with Crippen LogP contribution in [-0.4, -0.2) is 55.7 Å². The van der Waals surface area contributed by atoms with Crippen molar-refractivity contribution in [2.24, 2.45) is 0 Å². The lowest BCUT2D eigenvalue weighted by Gasteiger charge is -2.34. The zero-order chi connectivity index (χ0) is 22.3. The molecule has 1 amide bonds. The Hall–Kier alpha value is -3.23. The standard InChI is InChI=1S/C24H22N2O5S/c27-23(16-22-20-7-3-4-8-21(20)24(28)31-22)25-11-13-26(14-12-25)32(29,30)19-10-9-17-5-1-2-6-18(17)15-19/h1-10,15,22H,11-14,16H2/t22-/m1/s1. The van der Waals surface area contributed by atoms with E-state index in [0.29, 0.717) is 18.7 Å². The summed E-state index contributed by atoms with van der Waals surface area (Å²) in [6.45, 7) is 1.05. The Kier molecular flexibility index (Phi) is 5.19. The highest BCUT2D eigenvalue weighted by molar-refractivity contribution is 7.89. The number of amides is 1. The molecule has 0 bridgehead atoms. The number of ether oxygens (including phenoxy) is 1. The summed E-state index contributed by atoms with van der Waals surface area (Å²) in [6.07, 6.45) is -0.536. The average Bonchev–Trinajstić information content (AvgIpc) is 3.14. The van der Waals surface area contributed by atoms with Crippen molar-refractivity contribution in [1.82, 2.24) is 9.21 Å². The molecule has 0 spiro atoms. The molecule has 2 heterocycles. The zero-order valence-corrected chi connectivity index (χ0v) is 18.1. The van der Waals surface area contributed by atoms with Gasteiger partial charge in [0, 0.05) is 31.7 Å². The van der Waals surface area contributed by atoms with Gasteiger partial charge in [0.2, 0.25) is 15.9 Å². The molecular formula is C24H22N2O5S. The van der Waals surface area contributed by atoms with Gasteiger partial charge in [0.1, 0.15) is 6.10 Å². The van der Waals surface area contributed by atoms with Crippen LogP contribution in [0.5, 0.6) is 0 Å². The molecule has 2 aliphatic rings. The van der Waals surface area contributed by atoms with E-state index in [4.69, 9.17) is 4.74 Å². The monoisotopic (exact) mass is 450 g/mol. The molecular weight excluding hydrogens is 428 g/mol. The quantitative estimate of drug-likeness (QED) is 0.571. The molecule has 0 unspecified atom stereocenters. The number of benzene rings is 3. The van der Waals surface area contributed by atoms with Gasteiger partial charge in [-0.25, -0.2) is 13.2 Å². The first-order valence-corrected chi connectivity index (χ1v) is 11.9. The first-order valence-electron chi connectivity index (χ1n) is 10.5. The van der Waals surface area contributed by atoms with E-state index in [1.165, 1.54) is 4.31 Å². The smallest absolute Gasteiger partial charge is 0.339 e. The van der Waals surface area contributed by atoms with Crippen LogP contribution in [0.3, 0.4) is 0 Å². The van der Waals surface area contributed by atoms with Crippen LogP contribution in [0.4, 0.5) is 0 Å². The summed E-state index contributed by atoms with van der Waals surface area (Å²) in [5, 5.41) is 1.85. The van der Waals surface area contributed by atoms with Gasteiger partial charge in [-0.15, -0.1) is 0 Å². The maximum absolute atomic E-state index is 13.1. The summed E-state index contributed by atoms with van der Waals surface area (Å²) in [6, 6.07) is 19.8. The van der Waals surface area contributed by atoms with Gasteiger partial charge in [0.05, 0.1) is 16.9 Å². The molecule has 0 aromatic heterocycles. The lowest BCUT2D eigenvalue weighted by atomic mass is 10.0. The van der Waals surface area contributed by atoms with Crippen molar-refractivity contribution >= 4 is 32.7 Å². The fourth-order valence-corrected chi connectivity index (χ4v) is 5.77. The summed E-state index contributed by atoms with van der Waals surface area (Å²) in [5.74, 6) is -0.563. The topological polar surface area (TPSA) is 84.0 Å². The molecule has 1 atom stereocenters. The number of hydrogen-bond acceptors (Lipinski definition) is 5. The Bertz CT molecular complexity index is 1310. The van der Waals surface area contributed by atoms with E-state index in [2.05, 4.69) is 0 Å². The lowest BCUT2D eigenvalue weighted by Crippen LogP contribution is -2.50. The number of cyclic esters (lactones) is 1. The minimum atomic E-state index is -3.65. The van der Waals surface area contributed by atoms with Crippen molar-refractivity contribution in [3.8, 4) is 0 Å². The van der Waals surface area contributed by atoms with Crippen LogP contribution in [0, 0.1) is 0 Å². The Morgan fingerprint density at radius 3 is 2.38 bits per heavy atom. The van der Waals surface area contributed by atoms with Crippen LogP contribution < -0.4 is 0 Å². The molecule has 0 N–H and O–H groups in total. The highest BCUT2D eigenvalue weighted by Crippen LogP contribution is 2.33. The predicted molar refractivity (Wildman–Crippen MR) is 119 cm³/mol. The summed E-state index contributed by atoms with van der Waals surface area (Å²) in [7, 11) is -3.65. The lowest BCUT2D eigenvalue weighted by molar-refractivity contribution is -0.134. The molecule has 32 heavy (non-hydrogen) atoms. The summed E-state index contributed by atoms with van der Waals surface area (Å²) in [5.41, 5.74) is 1.22. The zero-order valence-electron chi connectivity index (χ0n) is 17.3. The summed E-state index contributed by atoms with van der Waals surface area (Å²) in [4.78, 5) is 26.7. The van der Waals surface area contributed by atoms with E-state index >= 15 is 0 Å². The third kappa shape index (κ3) is 3.65. The number of piperazine rings is 1.